The molecule has 9 heteroatoms. The molecular formula is C33H40FN3O5. The van der Waals surface area contributed by atoms with E-state index in [1.807, 2.05) is 0 Å². The van der Waals surface area contributed by atoms with Gasteiger partial charge in [0.25, 0.3) is 11.8 Å². The highest BCUT2D eigenvalue weighted by Crippen LogP contribution is 2.32. The number of rotatable bonds is 14. The molecule has 2 aromatic carbocycles. The van der Waals surface area contributed by atoms with Crippen LogP contribution in [0.1, 0.15) is 98.3 Å². The first-order chi connectivity index (χ1) is 20.4. The Hall–Kier alpha value is -3.59. The summed E-state index contributed by atoms with van der Waals surface area (Å²) in [4.78, 5) is 43.2. The SMILES string of the molecule is CCCCCCCCCC(=O)OC(CN1CCCCC1)CN1C(=O)c2ccc(-c3noc4cc(F)ccc34)cc2C1=O. The van der Waals surface area contributed by atoms with Gasteiger partial charge in [-0.2, -0.15) is 0 Å². The van der Waals surface area contributed by atoms with E-state index >= 15 is 0 Å². The second kappa shape index (κ2) is 14.1. The third-order valence-corrected chi connectivity index (χ3v) is 8.26. The van der Waals surface area contributed by atoms with E-state index in [0.29, 0.717) is 40.8 Å². The van der Waals surface area contributed by atoms with Crippen molar-refractivity contribution in [3.8, 4) is 11.3 Å². The van der Waals surface area contributed by atoms with E-state index in [0.717, 1.165) is 45.2 Å². The molecular weight excluding hydrogens is 537 g/mol. The lowest BCUT2D eigenvalue weighted by Gasteiger charge is -2.31. The number of hydrogen-bond acceptors (Lipinski definition) is 7. The Bertz CT molecular complexity index is 1410. The summed E-state index contributed by atoms with van der Waals surface area (Å²) >= 11 is 0. The highest BCUT2D eigenvalue weighted by atomic mass is 19.1. The number of carbonyl (C=O) groups is 3. The van der Waals surface area contributed by atoms with Crippen LogP contribution in [0.2, 0.25) is 0 Å². The van der Waals surface area contributed by atoms with Crippen LogP contribution in [0, 0.1) is 5.82 Å². The summed E-state index contributed by atoms with van der Waals surface area (Å²) in [6.45, 7) is 4.51. The first kappa shape index (κ1) is 29.9. The van der Waals surface area contributed by atoms with Gasteiger partial charge in [-0.05, 0) is 56.6 Å². The Morgan fingerprint density at radius 3 is 2.45 bits per heavy atom. The normalized spacial score (nSPS) is 16.3. The Kier molecular flexibility index (Phi) is 10.00. The predicted molar refractivity (Wildman–Crippen MR) is 158 cm³/mol. The average molecular weight is 578 g/mol. The molecule has 2 amide bonds. The van der Waals surface area contributed by atoms with E-state index in [2.05, 4.69) is 17.0 Å². The maximum absolute atomic E-state index is 13.6. The fourth-order valence-corrected chi connectivity index (χ4v) is 5.96. The number of halogens is 1. The Balaban J connectivity index is 1.26. The van der Waals surface area contributed by atoms with Crippen LogP contribution in [0.25, 0.3) is 22.2 Å². The number of aromatic nitrogens is 1. The lowest BCUT2D eigenvalue weighted by atomic mass is 10.0. The molecule has 8 nitrogen and oxygen atoms in total. The van der Waals surface area contributed by atoms with Gasteiger partial charge in [-0.1, -0.05) is 63.1 Å². The number of imide groups is 1. The zero-order valence-corrected chi connectivity index (χ0v) is 24.4. The molecule has 2 aliphatic rings. The molecule has 5 rings (SSSR count). The molecule has 42 heavy (non-hydrogen) atoms. The zero-order valence-electron chi connectivity index (χ0n) is 24.4. The minimum atomic E-state index is -0.601. The third-order valence-electron chi connectivity index (χ3n) is 8.26. The minimum absolute atomic E-state index is 0.00705. The van der Waals surface area contributed by atoms with Crippen molar-refractivity contribution in [3.05, 3.63) is 53.3 Å². The van der Waals surface area contributed by atoms with Crippen LogP contribution >= 0.6 is 0 Å². The van der Waals surface area contributed by atoms with Gasteiger partial charge in [-0.25, -0.2) is 4.39 Å². The van der Waals surface area contributed by atoms with Gasteiger partial charge in [0.1, 0.15) is 17.6 Å². The lowest BCUT2D eigenvalue weighted by molar-refractivity contribution is -0.150. The second-order valence-corrected chi connectivity index (χ2v) is 11.5. The highest BCUT2D eigenvalue weighted by molar-refractivity contribution is 6.22. The maximum atomic E-state index is 13.6. The largest absolute Gasteiger partial charge is 0.459 e. The minimum Gasteiger partial charge on any atom is -0.459 e. The maximum Gasteiger partial charge on any atom is 0.306 e. The number of carbonyl (C=O) groups excluding carboxylic acids is 3. The molecule has 0 aliphatic carbocycles. The number of esters is 1. The summed E-state index contributed by atoms with van der Waals surface area (Å²) in [6, 6.07) is 9.11. The number of likely N-dealkylation sites (tertiary alicyclic amines) is 1. The Morgan fingerprint density at radius 1 is 0.929 bits per heavy atom. The number of fused-ring (bicyclic) bond motifs is 2. The van der Waals surface area contributed by atoms with Gasteiger partial charge in [0, 0.05) is 30.0 Å². The molecule has 0 radical (unpaired) electrons. The van der Waals surface area contributed by atoms with Crippen molar-refractivity contribution in [2.75, 3.05) is 26.2 Å². The van der Waals surface area contributed by atoms with Crippen molar-refractivity contribution >= 4 is 28.8 Å². The molecule has 1 aromatic heterocycles. The number of hydrogen-bond donors (Lipinski definition) is 0. The van der Waals surface area contributed by atoms with E-state index in [-0.39, 0.29) is 18.1 Å². The third kappa shape index (κ3) is 7.06. The van der Waals surface area contributed by atoms with Crippen molar-refractivity contribution < 1.29 is 28.0 Å². The molecule has 3 heterocycles. The number of nitrogens with zero attached hydrogens (tertiary/aromatic N) is 3. The highest BCUT2D eigenvalue weighted by Gasteiger charge is 2.38. The number of piperidine rings is 1. The van der Waals surface area contributed by atoms with E-state index < -0.39 is 23.7 Å². The van der Waals surface area contributed by atoms with Crippen LogP contribution in [-0.2, 0) is 9.53 Å². The fraction of sp³-hybridized carbons (Fsp3) is 0.515. The molecule has 2 aliphatic heterocycles. The smallest absolute Gasteiger partial charge is 0.306 e. The zero-order chi connectivity index (χ0) is 29.5. The molecule has 0 N–H and O–H groups in total. The van der Waals surface area contributed by atoms with Gasteiger partial charge in [0.2, 0.25) is 0 Å². The summed E-state index contributed by atoms with van der Waals surface area (Å²) < 4.78 is 24.8. The van der Waals surface area contributed by atoms with Gasteiger partial charge in [-0.3, -0.25) is 24.2 Å². The summed E-state index contributed by atoms with van der Waals surface area (Å²) in [7, 11) is 0. The van der Waals surface area contributed by atoms with Crippen LogP contribution in [0.15, 0.2) is 40.9 Å². The van der Waals surface area contributed by atoms with Gasteiger partial charge < -0.3 is 9.26 Å². The van der Waals surface area contributed by atoms with Crippen LogP contribution in [0.4, 0.5) is 4.39 Å². The number of ether oxygens (including phenoxy) is 1. The van der Waals surface area contributed by atoms with Crippen LogP contribution in [0.3, 0.4) is 0 Å². The number of amides is 2. The lowest BCUT2D eigenvalue weighted by Crippen LogP contribution is -2.45. The number of unbranched alkanes of at least 4 members (excludes halogenated alkanes) is 6. The van der Waals surface area contributed by atoms with Crippen molar-refractivity contribution in [3.63, 3.8) is 0 Å². The summed E-state index contributed by atoms with van der Waals surface area (Å²) in [5.74, 6) is -1.54. The molecule has 1 saturated heterocycles. The predicted octanol–water partition coefficient (Wildman–Crippen LogP) is 6.77. The molecule has 1 unspecified atom stereocenters. The Labute approximate surface area is 246 Å². The van der Waals surface area contributed by atoms with E-state index in [1.165, 1.54) is 49.1 Å². The fourth-order valence-electron chi connectivity index (χ4n) is 5.96. The topological polar surface area (TPSA) is 92.9 Å². The first-order valence-electron chi connectivity index (χ1n) is 15.4. The molecule has 224 valence electrons. The van der Waals surface area contributed by atoms with E-state index in [4.69, 9.17) is 9.26 Å². The number of benzene rings is 2. The first-order valence-corrected chi connectivity index (χ1v) is 15.4. The van der Waals surface area contributed by atoms with Crippen LogP contribution < -0.4 is 0 Å². The van der Waals surface area contributed by atoms with Gasteiger partial charge in [-0.15, -0.1) is 0 Å². The summed E-state index contributed by atoms with van der Waals surface area (Å²) in [6.07, 6.45) is 10.8. The summed E-state index contributed by atoms with van der Waals surface area (Å²) in [5.41, 5.74) is 1.92. The van der Waals surface area contributed by atoms with Crippen molar-refractivity contribution in [1.29, 1.82) is 0 Å². The van der Waals surface area contributed by atoms with Gasteiger partial charge >= 0.3 is 5.97 Å². The Morgan fingerprint density at radius 2 is 1.67 bits per heavy atom. The standard InChI is InChI=1S/C33H40FN3O5/c1-2-3-4-5-6-7-9-12-30(38)41-25(21-36-17-10-8-11-18-36)22-37-32(39)26-15-13-23(19-28(26)33(37)40)31-27-16-14-24(34)20-29(27)42-35-31/h13-16,19-20,25H,2-12,17-18,21-22H2,1H3. The molecule has 0 bridgehead atoms. The van der Waals surface area contributed by atoms with Crippen molar-refractivity contribution in [2.24, 2.45) is 0 Å². The average Bonchev–Trinajstić information content (AvgIpc) is 3.51. The van der Waals surface area contributed by atoms with Crippen molar-refractivity contribution in [1.82, 2.24) is 15.0 Å². The van der Waals surface area contributed by atoms with Gasteiger partial charge in [0.05, 0.1) is 17.7 Å². The van der Waals surface area contributed by atoms with Crippen molar-refractivity contribution in [2.45, 2.75) is 83.7 Å². The molecule has 3 aromatic rings. The quantitative estimate of drug-likeness (QED) is 0.119. The molecule has 0 saturated carbocycles. The summed E-state index contributed by atoms with van der Waals surface area (Å²) in [5, 5.41) is 4.69. The van der Waals surface area contributed by atoms with Crippen LogP contribution in [0.5, 0.6) is 0 Å². The second-order valence-electron chi connectivity index (χ2n) is 11.5. The van der Waals surface area contributed by atoms with Gasteiger partial charge in [0.15, 0.2) is 5.58 Å². The molecule has 1 atom stereocenters. The van der Waals surface area contributed by atoms with E-state index in [1.54, 1.807) is 24.3 Å². The molecule has 1 fully saturated rings. The molecule has 0 spiro atoms. The van der Waals surface area contributed by atoms with Crippen LogP contribution in [-0.4, -0.2) is 65.0 Å². The monoisotopic (exact) mass is 577 g/mol. The van der Waals surface area contributed by atoms with E-state index in [9.17, 15) is 18.8 Å².